The molecule has 1 unspecified atom stereocenters. The average Bonchev–Trinajstić information content (AvgIpc) is 2.53. The SMILES string of the molecule is CC(C)CN=C(NN)N1CCC(C)C1. The van der Waals surface area contributed by atoms with Gasteiger partial charge in [0.15, 0.2) is 0 Å². The maximum Gasteiger partial charge on any atom is 0.208 e. The van der Waals surface area contributed by atoms with Gasteiger partial charge in [-0.2, -0.15) is 0 Å². The van der Waals surface area contributed by atoms with Crippen LogP contribution < -0.4 is 11.3 Å². The second kappa shape index (κ2) is 5.20. The summed E-state index contributed by atoms with van der Waals surface area (Å²) in [7, 11) is 0. The molecule has 3 N–H and O–H groups in total. The molecule has 1 aliphatic heterocycles. The molecule has 0 radical (unpaired) electrons. The quantitative estimate of drug-likeness (QED) is 0.299. The molecule has 1 atom stereocenters. The van der Waals surface area contributed by atoms with Crippen molar-refractivity contribution in [2.24, 2.45) is 22.7 Å². The lowest BCUT2D eigenvalue weighted by atomic mass is 10.2. The summed E-state index contributed by atoms with van der Waals surface area (Å²) in [6.45, 7) is 9.55. The first kappa shape index (κ1) is 11.3. The van der Waals surface area contributed by atoms with E-state index in [9.17, 15) is 0 Å². The third-order valence-corrected chi connectivity index (χ3v) is 2.46. The number of likely N-dealkylation sites (tertiary alicyclic amines) is 1. The molecule has 0 aromatic heterocycles. The number of nitrogens with two attached hydrogens (primary N) is 1. The number of aliphatic imine (C=N–C) groups is 1. The molecule has 0 aromatic rings. The maximum absolute atomic E-state index is 5.46. The fraction of sp³-hybridized carbons (Fsp3) is 0.900. The Balaban J connectivity index is 2.49. The second-order valence-corrected chi connectivity index (χ2v) is 4.54. The van der Waals surface area contributed by atoms with Gasteiger partial charge in [0.25, 0.3) is 0 Å². The van der Waals surface area contributed by atoms with Crippen LogP contribution in [0, 0.1) is 11.8 Å². The number of nitrogens with zero attached hydrogens (tertiary/aromatic N) is 2. The second-order valence-electron chi connectivity index (χ2n) is 4.54. The number of hydrogen-bond acceptors (Lipinski definition) is 2. The Morgan fingerprint density at radius 2 is 2.36 bits per heavy atom. The molecule has 1 heterocycles. The highest BCUT2D eigenvalue weighted by Crippen LogP contribution is 2.14. The molecule has 1 rings (SSSR count). The molecule has 14 heavy (non-hydrogen) atoms. The zero-order chi connectivity index (χ0) is 10.6. The van der Waals surface area contributed by atoms with Crippen molar-refractivity contribution in [3.05, 3.63) is 0 Å². The summed E-state index contributed by atoms with van der Waals surface area (Å²) in [5.41, 5.74) is 2.70. The van der Waals surface area contributed by atoms with E-state index in [0.717, 1.165) is 31.5 Å². The van der Waals surface area contributed by atoms with Gasteiger partial charge in [-0.15, -0.1) is 0 Å². The first-order valence-electron chi connectivity index (χ1n) is 5.39. The van der Waals surface area contributed by atoms with E-state index in [1.807, 2.05) is 0 Å². The largest absolute Gasteiger partial charge is 0.342 e. The van der Waals surface area contributed by atoms with Gasteiger partial charge in [-0.1, -0.05) is 20.8 Å². The standard InChI is InChI=1S/C10H22N4/c1-8(2)6-12-10(13-11)14-5-4-9(3)7-14/h8-9H,4-7,11H2,1-3H3,(H,12,13). The molecular weight excluding hydrogens is 176 g/mol. The summed E-state index contributed by atoms with van der Waals surface area (Å²) in [4.78, 5) is 6.69. The number of guanidine groups is 1. The highest BCUT2D eigenvalue weighted by atomic mass is 15.4. The van der Waals surface area contributed by atoms with Crippen LogP contribution in [0.1, 0.15) is 27.2 Å². The summed E-state index contributed by atoms with van der Waals surface area (Å²) in [5.74, 6) is 7.65. The molecule has 82 valence electrons. The van der Waals surface area contributed by atoms with E-state index in [2.05, 4.69) is 36.1 Å². The van der Waals surface area contributed by atoms with Crippen molar-refractivity contribution in [3.8, 4) is 0 Å². The Labute approximate surface area is 86.5 Å². The third kappa shape index (κ3) is 3.18. The lowest BCUT2D eigenvalue weighted by Crippen LogP contribution is -2.43. The van der Waals surface area contributed by atoms with Gasteiger partial charge in [-0.3, -0.25) is 10.4 Å². The normalized spacial score (nSPS) is 23.4. The number of hydrazine groups is 1. The zero-order valence-corrected chi connectivity index (χ0v) is 9.45. The summed E-state index contributed by atoms with van der Waals surface area (Å²) in [5, 5.41) is 0. The molecule has 0 saturated carbocycles. The van der Waals surface area contributed by atoms with Crippen molar-refractivity contribution in [1.29, 1.82) is 0 Å². The monoisotopic (exact) mass is 198 g/mol. The van der Waals surface area contributed by atoms with Crippen LogP contribution in [0.25, 0.3) is 0 Å². The minimum atomic E-state index is 0.582. The minimum Gasteiger partial charge on any atom is -0.342 e. The topological polar surface area (TPSA) is 53.6 Å². The fourth-order valence-electron chi connectivity index (χ4n) is 1.63. The molecule has 0 spiro atoms. The van der Waals surface area contributed by atoms with Crippen LogP contribution >= 0.6 is 0 Å². The van der Waals surface area contributed by atoms with E-state index in [-0.39, 0.29) is 0 Å². The lowest BCUT2D eigenvalue weighted by Gasteiger charge is -2.19. The molecule has 4 heteroatoms. The Hall–Kier alpha value is -0.770. The Bertz CT molecular complexity index is 200. The Kier molecular flexibility index (Phi) is 4.20. The molecule has 0 aromatic carbocycles. The van der Waals surface area contributed by atoms with E-state index in [4.69, 9.17) is 5.84 Å². The van der Waals surface area contributed by atoms with E-state index in [1.165, 1.54) is 6.42 Å². The molecule has 0 amide bonds. The van der Waals surface area contributed by atoms with Crippen LogP contribution in [0.4, 0.5) is 0 Å². The van der Waals surface area contributed by atoms with Crippen molar-refractivity contribution in [3.63, 3.8) is 0 Å². The van der Waals surface area contributed by atoms with Crippen LogP contribution in [-0.2, 0) is 0 Å². The van der Waals surface area contributed by atoms with E-state index >= 15 is 0 Å². The van der Waals surface area contributed by atoms with Crippen molar-refractivity contribution in [1.82, 2.24) is 10.3 Å². The van der Waals surface area contributed by atoms with Crippen molar-refractivity contribution < 1.29 is 0 Å². The highest BCUT2D eigenvalue weighted by Gasteiger charge is 2.20. The van der Waals surface area contributed by atoms with Gasteiger partial charge in [0.1, 0.15) is 0 Å². The van der Waals surface area contributed by atoms with Crippen molar-refractivity contribution in [2.45, 2.75) is 27.2 Å². The van der Waals surface area contributed by atoms with Gasteiger partial charge < -0.3 is 4.90 Å². The van der Waals surface area contributed by atoms with Gasteiger partial charge in [0.05, 0.1) is 0 Å². The molecular formula is C10H22N4. The smallest absolute Gasteiger partial charge is 0.208 e. The van der Waals surface area contributed by atoms with Crippen molar-refractivity contribution in [2.75, 3.05) is 19.6 Å². The molecule has 1 fully saturated rings. The number of rotatable bonds is 2. The molecule has 0 bridgehead atoms. The van der Waals surface area contributed by atoms with Gasteiger partial charge in [-0.25, -0.2) is 5.84 Å². The summed E-state index contributed by atoms with van der Waals surface area (Å²) in [6.07, 6.45) is 1.24. The Morgan fingerprint density at radius 1 is 1.64 bits per heavy atom. The first-order chi connectivity index (χ1) is 6.63. The van der Waals surface area contributed by atoms with Crippen molar-refractivity contribution >= 4 is 5.96 Å². The van der Waals surface area contributed by atoms with E-state index < -0.39 is 0 Å². The van der Waals surface area contributed by atoms with E-state index in [1.54, 1.807) is 0 Å². The molecule has 0 aliphatic carbocycles. The third-order valence-electron chi connectivity index (χ3n) is 2.46. The van der Waals surface area contributed by atoms with E-state index in [0.29, 0.717) is 5.92 Å². The summed E-state index contributed by atoms with van der Waals surface area (Å²) >= 11 is 0. The lowest BCUT2D eigenvalue weighted by molar-refractivity contribution is 0.470. The predicted molar refractivity (Wildman–Crippen MR) is 59.8 cm³/mol. The summed E-state index contributed by atoms with van der Waals surface area (Å²) in [6, 6.07) is 0. The van der Waals surface area contributed by atoms with Gasteiger partial charge in [0.2, 0.25) is 5.96 Å². The summed E-state index contributed by atoms with van der Waals surface area (Å²) < 4.78 is 0. The fourth-order valence-corrected chi connectivity index (χ4v) is 1.63. The first-order valence-corrected chi connectivity index (χ1v) is 5.39. The highest BCUT2D eigenvalue weighted by molar-refractivity contribution is 5.79. The molecule has 1 aliphatic rings. The number of nitrogens with one attached hydrogen (secondary N) is 1. The van der Waals surface area contributed by atoms with Gasteiger partial charge in [0, 0.05) is 19.6 Å². The van der Waals surface area contributed by atoms with Crippen LogP contribution in [0.5, 0.6) is 0 Å². The van der Waals surface area contributed by atoms with Crippen LogP contribution in [0.3, 0.4) is 0 Å². The average molecular weight is 198 g/mol. The van der Waals surface area contributed by atoms with Gasteiger partial charge >= 0.3 is 0 Å². The van der Waals surface area contributed by atoms with Crippen LogP contribution in [0.15, 0.2) is 4.99 Å². The minimum absolute atomic E-state index is 0.582. The molecule has 1 saturated heterocycles. The zero-order valence-electron chi connectivity index (χ0n) is 9.45. The number of hydrogen-bond donors (Lipinski definition) is 2. The van der Waals surface area contributed by atoms with Crippen LogP contribution in [0.2, 0.25) is 0 Å². The predicted octanol–water partition coefficient (Wildman–Crippen LogP) is 0.804. The molecule has 4 nitrogen and oxygen atoms in total. The Morgan fingerprint density at radius 3 is 2.79 bits per heavy atom. The van der Waals surface area contributed by atoms with Crippen LogP contribution in [-0.4, -0.2) is 30.5 Å². The maximum atomic E-state index is 5.46. The van der Waals surface area contributed by atoms with Gasteiger partial charge in [-0.05, 0) is 18.3 Å².